The van der Waals surface area contributed by atoms with E-state index in [4.69, 9.17) is 14.2 Å². The molecular formula is C29H38O7. The second-order valence-corrected chi connectivity index (χ2v) is 9.83. The molecule has 0 aromatic heterocycles. The SMILES string of the molecule is CCOC(=O)Cc1cccc(C(C)(CCCCC(C)(C)C(=O)O)C(=O)OCc2ccc(OC)cc2)c1. The minimum Gasteiger partial charge on any atom is -0.497 e. The maximum absolute atomic E-state index is 13.5. The average molecular weight is 499 g/mol. The highest BCUT2D eigenvalue weighted by Crippen LogP contribution is 2.34. The lowest BCUT2D eigenvalue weighted by atomic mass is 9.76. The molecule has 1 unspecified atom stereocenters. The monoisotopic (exact) mass is 498 g/mol. The van der Waals surface area contributed by atoms with E-state index in [1.807, 2.05) is 55.5 Å². The van der Waals surface area contributed by atoms with E-state index in [-0.39, 0.29) is 25.0 Å². The zero-order chi connectivity index (χ0) is 26.8. The first-order valence-corrected chi connectivity index (χ1v) is 12.3. The van der Waals surface area contributed by atoms with E-state index < -0.39 is 16.8 Å². The Hall–Kier alpha value is -3.35. The van der Waals surface area contributed by atoms with Crippen LogP contribution in [0.4, 0.5) is 0 Å². The van der Waals surface area contributed by atoms with Gasteiger partial charge in [0.15, 0.2) is 0 Å². The summed E-state index contributed by atoms with van der Waals surface area (Å²) in [5, 5.41) is 9.40. The van der Waals surface area contributed by atoms with Crippen molar-refractivity contribution in [3.8, 4) is 5.75 Å². The van der Waals surface area contributed by atoms with Crippen molar-refractivity contribution in [3.63, 3.8) is 0 Å². The number of esters is 2. The number of aliphatic carboxylic acids is 1. The van der Waals surface area contributed by atoms with Crippen LogP contribution in [-0.2, 0) is 42.3 Å². The lowest BCUT2D eigenvalue weighted by Gasteiger charge is -2.29. The van der Waals surface area contributed by atoms with E-state index in [0.29, 0.717) is 32.3 Å². The highest BCUT2D eigenvalue weighted by Gasteiger charge is 2.37. The van der Waals surface area contributed by atoms with Crippen LogP contribution in [0.2, 0.25) is 0 Å². The van der Waals surface area contributed by atoms with E-state index >= 15 is 0 Å². The molecule has 2 aromatic rings. The summed E-state index contributed by atoms with van der Waals surface area (Å²) in [5.41, 5.74) is 0.550. The fraction of sp³-hybridized carbons (Fsp3) is 0.483. The predicted octanol–water partition coefficient (Wildman–Crippen LogP) is 5.47. The van der Waals surface area contributed by atoms with Gasteiger partial charge in [-0.15, -0.1) is 0 Å². The number of carboxylic acid groups (broad SMARTS) is 1. The third-order valence-corrected chi connectivity index (χ3v) is 6.50. The predicted molar refractivity (Wildman–Crippen MR) is 137 cm³/mol. The highest BCUT2D eigenvalue weighted by molar-refractivity contribution is 5.83. The molecule has 0 fully saturated rings. The zero-order valence-corrected chi connectivity index (χ0v) is 22.0. The normalized spacial score (nSPS) is 12.9. The molecule has 36 heavy (non-hydrogen) atoms. The summed E-state index contributed by atoms with van der Waals surface area (Å²) in [6.07, 6.45) is 2.40. The molecule has 0 heterocycles. The van der Waals surface area contributed by atoms with Gasteiger partial charge in [-0.2, -0.15) is 0 Å². The molecular weight excluding hydrogens is 460 g/mol. The smallest absolute Gasteiger partial charge is 0.316 e. The summed E-state index contributed by atoms with van der Waals surface area (Å²) >= 11 is 0. The molecule has 0 aliphatic heterocycles. The van der Waals surface area contributed by atoms with Crippen molar-refractivity contribution in [2.24, 2.45) is 5.41 Å². The van der Waals surface area contributed by atoms with Gasteiger partial charge in [-0.3, -0.25) is 14.4 Å². The molecule has 0 spiro atoms. The molecule has 0 radical (unpaired) electrons. The third-order valence-electron chi connectivity index (χ3n) is 6.50. The van der Waals surface area contributed by atoms with E-state index in [1.54, 1.807) is 27.9 Å². The van der Waals surface area contributed by atoms with Crippen LogP contribution in [0, 0.1) is 5.41 Å². The molecule has 0 amide bonds. The molecule has 7 heteroatoms. The van der Waals surface area contributed by atoms with Gasteiger partial charge < -0.3 is 19.3 Å². The number of ether oxygens (including phenoxy) is 3. The number of hydrogen-bond donors (Lipinski definition) is 1. The summed E-state index contributed by atoms with van der Waals surface area (Å²) in [6.45, 7) is 7.44. The fourth-order valence-electron chi connectivity index (χ4n) is 3.95. The first-order chi connectivity index (χ1) is 17.0. The van der Waals surface area contributed by atoms with Gasteiger partial charge in [-0.05, 0) is 69.4 Å². The molecule has 1 atom stereocenters. The van der Waals surface area contributed by atoms with Crippen LogP contribution in [0.5, 0.6) is 5.75 Å². The second kappa shape index (κ2) is 13.1. The van der Waals surface area contributed by atoms with Crippen molar-refractivity contribution in [2.45, 2.75) is 71.8 Å². The number of unbranched alkanes of at least 4 members (excludes halogenated alkanes) is 1. The minimum absolute atomic E-state index is 0.117. The van der Waals surface area contributed by atoms with Crippen LogP contribution in [0.25, 0.3) is 0 Å². The standard InChI is InChI=1S/C29H38O7/c1-6-35-25(30)19-22-10-9-11-23(18-22)29(4,17-8-7-16-28(2,3)26(31)32)27(33)36-20-21-12-14-24(34-5)15-13-21/h9-15,18H,6-8,16-17,19-20H2,1-5H3,(H,31,32). The van der Waals surface area contributed by atoms with Gasteiger partial charge in [0.25, 0.3) is 0 Å². The van der Waals surface area contributed by atoms with Crippen molar-refractivity contribution < 1.29 is 33.7 Å². The Bertz CT molecular complexity index is 1030. The lowest BCUT2D eigenvalue weighted by molar-refractivity contribution is -0.152. The number of carbonyl (C=O) groups excluding carboxylic acids is 2. The van der Waals surface area contributed by atoms with Crippen molar-refractivity contribution in [2.75, 3.05) is 13.7 Å². The van der Waals surface area contributed by atoms with Crippen molar-refractivity contribution in [1.82, 2.24) is 0 Å². The van der Waals surface area contributed by atoms with Crippen LogP contribution >= 0.6 is 0 Å². The van der Waals surface area contributed by atoms with E-state index in [9.17, 15) is 19.5 Å². The van der Waals surface area contributed by atoms with Gasteiger partial charge in [0.2, 0.25) is 0 Å². The van der Waals surface area contributed by atoms with Crippen LogP contribution in [0.3, 0.4) is 0 Å². The van der Waals surface area contributed by atoms with Crippen LogP contribution in [0.15, 0.2) is 48.5 Å². The van der Waals surface area contributed by atoms with Crippen molar-refractivity contribution >= 4 is 17.9 Å². The maximum atomic E-state index is 13.5. The lowest BCUT2D eigenvalue weighted by Crippen LogP contribution is -2.35. The Morgan fingerprint density at radius 2 is 1.56 bits per heavy atom. The zero-order valence-electron chi connectivity index (χ0n) is 22.0. The number of carbonyl (C=O) groups is 3. The Morgan fingerprint density at radius 1 is 0.889 bits per heavy atom. The Balaban J connectivity index is 2.21. The summed E-state index contributed by atoms with van der Waals surface area (Å²) in [7, 11) is 1.59. The summed E-state index contributed by atoms with van der Waals surface area (Å²) in [6, 6.07) is 14.7. The number of methoxy groups -OCH3 is 1. The van der Waals surface area contributed by atoms with Gasteiger partial charge in [-0.1, -0.05) is 49.2 Å². The summed E-state index contributed by atoms with van der Waals surface area (Å²) in [5.74, 6) is -0.813. The highest BCUT2D eigenvalue weighted by atomic mass is 16.5. The fourth-order valence-corrected chi connectivity index (χ4v) is 3.95. The van der Waals surface area contributed by atoms with Gasteiger partial charge in [-0.25, -0.2) is 0 Å². The van der Waals surface area contributed by atoms with Crippen molar-refractivity contribution in [3.05, 3.63) is 65.2 Å². The number of carboxylic acids is 1. The molecule has 2 aromatic carbocycles. The van der Waals surface area contributed by atoms with E-state index in [1.165, 1.54) is 0 Å². The molecule has 0 aliphatic carbocycles. The summed E-state index contributed by atoms with van der Waals surface area (Å²) in [4.78, 5) is 36.9. The first kappa shape index (κ1) is 28.9. The Labute approximate surface area is 213 Å². The Kier molecular flexibility index (Phi) is 10.5. The topological polar surface area (TPSA) is 99.1 Å². The van der Waals surface area contributed by atoms with Gasteiger partial charge in [0, 0.05) is 0 Å². The molecule has 0 bridgehead atoms. The van der Waals surface area contributed by atoms with E-state index in [2.05, 4.69) is 0 Å². The maximum Gasteiger partial charge on any atom is 0.316 e. The first-order valence-electron chi connectivity index (χ1n) is 12.3. The van der Waals surface area contributed by atoms with Gasteiger partial charge in [0.1, 0.15) is 12.4 Å². The molecule has 1 N–H and O–H groups in total. The Morgan fingerprint density at radius 3 is 2.17 bits per heavy atom. The third kappa shape index (κ3) is 8.11. The molecule has 0 saturated heterocycles. The number of rotatable bonds is 14. The van der Waals surface area contributed by atoms with Crippen LogP contribution < -0.4 is 4.74 Å². The molecule has 7 nitrogen and oxygen atoms in total. The van der Waals surface area contributed by atoms with E-state index in [0.717, 1.165) is 22.4 Å². The quantitative estimate of drug-likeness (QED) is 0.272. The number of hydrogen-bond acceptors (Lipinski definition) is 6. The molecule has 2 rings (SSSR count). The molecule has 196 valence electrons. The second-order valence-electron chi connectivity index (χ2n) is 9.83. The average Bonchev–Trinajstić information content (AvgIpc) is 2.85. The van der Waals surface area contributed by atoms with Crippen LogP contribution in [0.1, 0.15) is 70.1 Å². The summed E-state index contributed by atoms with van der Waals surface area (Å²) < 4.78 is 16.0. The molecule has 0 saturated carbocycles. The largest absolute Gasteiger partial charge is 0.497 e. The van der Waals surface area contributed by atoms with Gasteiger partial charge >= 0.3 is 17.9 Å². The van der Waals surface area contributed by atoms with Crippen molar-refractivity contribution in [1.29, 1.82) is 0 Å². The molecule has 0 aliphatic rings. The van der Waals surface area contributed by atoms with Crippen LogP contribution in [-0.4, -0.2) is 36.7 Å². The number of benzene rings is 2. The van der Waals surface area contributed by atoms with Gasteiger partial charge in [0.05, 0.1) is 31.0 Å². The minimum atomic E-state index is -0.968.